The molecule has 2 fully saturated rings. The van der Waals surface area contributed by atoms with Crippen LogP contribution in [0.15, 0.2) is 60.7 Å². The Morgan fingerprint density at radius 2 is 2.05 bits per heavy atom. The second-order valence-corrected chi connectivity index (χ2v) is 12.5. The first-order chi connectivity index (χ1) is 19.2. The molecule has 5 heterocycles. The smallest absolute Gasteiger partial charge is 0.410 e. The van der Waals surface area contributed by atoms with Gasteiger partial charge < -0.3 is 24.4 Å². The molecule has 212 valence electrons. The maximum Gasteiger partial charge on any atom is 0.410 e. The van der Waals surface area contributed by atoms with Crippen LogP contribution < -0.4 is 0 Å². The van der Waals surface area contributed by atoms with Crippen LogP contribution in [0.25, 0.3) is 10.9 Å². The van der Waals surface area contributed by atoms with Crippen molar-refractivity contribution in [3.63, 3.8) is 0 Å². The fourth-order valence-corrected chi connectivity index (χ4v) is 8.01. The van der Waals surface area contributed by atoms with E-state index in [1.807, 2.05) is 29.7 Å². The molecule has 5 rings (SSSR count). The number of aliphatic hydroxyl groups is 1. The average Bonchev–Trinajstić information content (AvgIpc) is 3.67. The number of carbonyl (C=O) groups excluding carboxylic acids is 3. The highest BCUT2D eigenvalue weighted by molar-refractivity contribution is 8.03. The zero-order valence-electron chi connectivity index (χ0n) is 22.3. The maximum atomic E-state index is 13.1. The lowest BCUT2D eigenvalue weighted by Gasteiger charge is -2.46. The Morgan fingerprint density at radius 3 is 2.75 bits per heavy atom. The number of imidazole rings is 1. The van der Waals surface area contributed by atoms with Gasteiger partial charge in [-0.15, -0.1) is 23.1 Å². The number of thiazole rings is 1. The number of fused-ring (bicyclic) bond motifs is 2. The van der Waals surface area contributed by atoms with Gasteiger partial charge in [0.2, 0.25) is 5.91 Å². The Morgan fingerprint density at radius 1 is 1.30 bits per heavy atom. The molecule has 12 heteroatoms. The van der Waals surface area contributed by atoms with Gasteiger partial charge in [0, 0.05) is 33.7 Å². The summed E-state index contributed by atoms with van der Waals surface area (Å²) < 4.78 is 12.7. The van der Waals surface area contributed by atoms with Gasteiger partial charge in [0.1, 0.15) is 23.7 Å². The third-order valence-corrected chi connectivity index (χ3v) is 9.89. The van der Waals surface area contributed by atoms with Crippen LogP contribution in [0.4, 0.5) is 4.79 Å². The van der Waals surface area contributed by atoms with E-state index in [9.17, 15) is 19.5 Å². The van der Waals surface area contributed by atoms with Gasteiger partial charge in [-0.1, -0.05) is 38.3 Å². The number of β-lactam (4-membered cyclic amide) rings is 1. The van der Waals surface area contributed by atoms with E-state index in [1.165, 1.54) is 28.8 Å². The van der Waals surface area contributed by atoms with Crippen LogP contribution in [0.2, 0.25) is 0 Å². The van der Waals surface area contributed by atoms with Crippen molar-refractivity contribution >= 4 is 52.0 Å². The van der Waals surface area contributed by atoms with E-state index in [0.717, 1.165) is 14.6 Å². The Balaban J connectivity index is 1.39. The lowest BCUT2D eigenvalue weighted by molar-refractivity contribution is -0.164. The van der Waals surface area contributed by atoms with Crippen molar-refractivity contribution in [3.8, 4) is 0 Å². The molecule has 2 aromatic heterocycles. The molecule has 2 saturated heterocycles. The highest BCUT2D eigenvalue weighted by Crippen LogP contribution is 2.52. The number of rotatable bonds is 10. The molecule has 0 spiro atoms. The molecule has 0 saturated carbocycles. The molecule has 0 bridgehead atoms. The monoisotopic (exact) mass is 584 g/mol. The van der Waals surface area contributed by atoms with Crippen molar-refractivity contribution in [1.29, 1.82) is 0 Å². The summed E-state index contributed by atoms with van der Waals surface area (Å²) in [5.41, 5.74) is 0.231. The highest BCUT2D eigenvalue weighted by Gasteiger charge is 2.60. The summed E-state index contributed by atoms with van der Waals surface area (Å²) in [6.45, 7) is 11.3. The summed E-state index contributed by atoms with van der Waals surface area (Å²) in [7, 11) is 0. The second-order valence-electron chi connectivity index (χ2n) is 10.0. The SMILES string of the molecule is C=CCOC(=O)C1=C(S[C@H]2C[C@@H](C=Cc3cn4cncc4s3)N(C(=O)OCC=C)C2)[C@H](C)[C@@H]2[C@@H]([C@@H](C)O)C(=O)N12. The fraction of sp³-hybridized carbons (Fsp3) is 0.429. The van der Waals surface area contributed by atoms with Gasteiger partial charge in [-0.25, -0.2) is 14.6 Å². The predicted molar refractivity (Wildman–Crippen MR) is 153 cm³/mol. The van der Waals surface area contributed by atoms with Crippen molar-refractivity contribution in [2.24, 2.45) is 11.8 Å². The number of amides is 2. The number of carbonyl (C=O) groups is 3. The number of nitrogens with zero attached hydrogens (tertiary/aromatic N) is 4. The van der Waals surface area contributed by atoms with Gasteiger partial charge in [-0.2, -0.15) is 0 Å². The summed E-state index contributed by atoms with van der Waals surface area (Å²) in [5.74, 6) is -1.62. The maximum absolute atomic E-state index is 13.1. The molecule has 6 atom stereocenters. The summed E-state index contributed by atoms with van der Waals surface area (Å²) in [4.78, 5) is 49.1. The van der Waals surface area contributed by atoms with Crippen LogP contribution in [0, 0.1) is 11.8 Å². The number of aliphatic hydroxyl groups excluding tert-OH is 1. The van der Waals surface area contributed by atoms with E-state index in [4.69, 9.17) is 9.47 Å². The molecule has 0 aromatic carbocycles. The first kappa shape index (κ1) is 28.2. The lowest BCUT2D eigenvalue weighted by Crippen LogP contribution is -2.63. The Hall–Kier alpha value is -3.35. The molecule has 0 aliphatic carbocycles. The number of aromatic nitrogens is 2. The minimum absolute atomic E-state index is 0.0223. The highest BCUT2D eigenvalue weighted by atomic mass is 32.2. The Kier molecular flexibility index (Phi) is 8.20. The van der Waals surface area contributed by atoms with E-state index >= 15 is 0 Å². The third-order valence-electron chi connectivity index (χ3n) is 7.39. The van der Waals surface area contributed by atoms with Crippen LogP contribution in [0.1, 0.15) is 25.1 Å². The Labute approximate surface area is 240 Å². The van der Waals surface area contributed by atoms with Crippen molar-refractivity contribution in [1.82, 2.24) is 19.2 Å². The first-order valence-electron chi connectivity index (χ1n) is 13.1. The zero-order valence-corrected chi connectivity index (χ0v) is 24.0. The van der Waals surface area contributed by atoms with Crippen LogP contribution in [0.3, 0.4) is 0 Å². The molecule has 3 aliphatic rings. The van der Waals surface area contributed by atoms with Crippen LogP contribution in [0.5, 0.6) is 0 Å². The van der Waals surface area contributed by atoms with Crippen molar-refractivity contribution < 1.29 is 29.0 Å². The average molecular weight is 585 g/mol. The molecule has 40 heavy (non-hydrogen) atoms. The van der Waals surface area contributed by atoms with Gasteiger partial charge in [-0.05, 0) is 19.4 Å². The molecule has 0 radical (unpaired) electrons. The minimum Gasteiger partial charge on any atom is -0.457 e. The van der Waals surface area contributed by atoms with Crippen molar-refractivity contribution in [3.05, 3.63) is 65.6 Å². The number of esters is 1. The molecular weight excluding hydrogens is 552 g/mol. The van der Waals surface area contributed by atoms with Crippen LogP contribution in [-0.4, -0.2) is 85.5 Å². The zero-order chi connectivity index (χ0) is 28.6. The van der Waals surface area contributed by atoms with Crippen molar-refractivity contribution in [2.45, 2.75) is 43.7 Å². The van der Waals surface area contributed by atoms with E-state index < -0.39 is 24.1 Å². The first-order valence-corrected chi connectivity index (χ1v) is 14.8. The number of thioether (sulfide) groups is 1. The van der Waals surface area contributed by atoms with E-state index in [-0.39, 0.29) is 48.1 Å². The Bertz CT molecular complexity index is 1370. The summed E-state index contributed by atoms with van der Waals surface area (Å²) in [6.07, 6.45) is 11.9. The van der Waals surface area contributed by atoms with E-state index in [1.54, 1.807) is 35.7 Å². The molecule has 10 nitrogen and oxygen atoms in total. The fourth-order valence-electron chi connectivity index (χ4n) is 5.60. The lowest BCUT2D eigenvalue weighted by atomic mass is 9.79. The summed E-state index contributed by atoms with van der Waals surface area (Å²) in [6, 6.07) is -0.544. The molecule has 2 aromatic rings. The second kappa shape index (κ2) is 11.6. The van der Waals surface area contributed by atoms with Crippen LogP contribution >= 0.6 is 23.1 Å². The molecule has 1 N–H and O–H groups in total. The molecule has 2 amide bonds. The van der Waals surface area contributed by atoms with Gasteiger partial charge in [-0.3, -0.25) is 9.20 Å². The number of likely N-dealkylation sites (tertiary alicyclic amines) is 1. The van der Waals surface area contributed by atoms with Gasteiger partial charge in [0.15, 0.2) is 0 Å². The van der Waals surface area contributed by atoms with Crippen molar-refractivity contribution in [2.75, 3.05) is 19.8 Å². The quantitative estimate of drug-likeness (QED) is 0.256. The summed E-state index contributed by atoms with van der Waals surface area (Å²) >= 11 is 3.09. The predicted octanol–water partition coefficient (Wildman–Crippen LogP) is 3.71. The minimum atomic E-state index is -0.831. The standard InChI is InChI=1S/C28H32N4O6S2/c1-5-9-37-27(35)24-25(16(3)23-22(17(4)33)26(34)32(23)24)40-20-11-18(31(14-20)28(36)38-10-6-2)7-8-19-13-30-15-29-12-21(30)39-19/h5-8,12-13,15-18,20,22-23,33H,1-2,9-11,14H2,3-4H3/t16-,17-,18-,20+,22-,23-/m1/s1. The third kappa shape index (κ3) is 5.11. The van der Waals surface area contributed by atoms with E-state index in [0.29, 0.717) is 13.0 Å². The van der Waals surface area contributed by atoms with Gasteiger partial charge in [0.25, 0.3) is 0 Å². The molecule has 3 aliphatic heterocycles. The largest absolute Gasteiger partial charge is 0.457 e. The topological polar surface area (TPSA) is 114 Å². The van der Waals surface area contributed by atoms with Crippen LogP contribution in [-0.2, 0) is 19.1 Å². The van der Waals surface area contributed by atoms with E-state index in [2.05, 4.69) is 18.1 Å². The number of hydrogen-bond acceptors (Lipinski definition) is 9. The van der Waals surface area contributed by atoms with Gasteiger partial charge in [0.05, 0.1) is 36.6 Å². The van der Waals surface area contributed by atoms with Gasteiger partial charge >= 0.3 is 12.1 Å². The summed E-state index contributed by atoms with van der Waals surface area (Å²) in [5, 5.41) is 10.2. The number of hydrogen-bond donors (Lipinski definition) is 1. The molecular formula is C28H32N4O6S2. The number of ether oxygens (including phenoxy) is 2. The molecule has 0 unspecified atom stereocenters. The normalized spacial score (nSPS) is 26.8.